The molecule has 1 N–H and O–H groups in total. The molecule has 1 fully saturated rings. The third-order valence-electron chi connectivity index (χ3n) is 5.17. The summed E-state index contributed by atoms with van der Waals surface area (Å²) in [5.74, 6) is 4.68. The van der Waals surface area contributed by atoms with E-state index in [2.05, 4.69) is 21.8 Å². The van der Waals surface area contributed by atoms with Crippen molar-refractivity contribution in [2.45, 2.75) is 12.0 Å². The number of imidazole rings is 1. The quantitative estimate of drug-likeness (QED) is 0.512. The summed E-state index contributed by atoms with van der Waals surface area (Å²) in [6.45, 7) is 0.464. The molecule has 30 heavy (non-hydrogen) atoms. The van der Waals surface area contributed by atoms with Gasteiger partial charge in [-0.15, -0.1) is 0 Å². The first-order valence-electron chi connectivity index (χ1n) is 9.34. The number of likely N-dealkylation sites (tertiary alicyclic amines) is 1. The number of carbonyl (C=O) groups excluding carboxylic acids is 2. The van der Waals surface area contributed by atoms with Crippen molar-refractivity contribution in [2.75, 3.05) is 20.7 Å². The zero-order valence-corrected chi connectivity index (χ0v) is 16.8. The average Bonchev–Trinajstić information content (AvgIpc) is 3.26. The summed E-state index contributed by atoms with van der Waals surface area (Å²) in [6, 6.07) is 8.85. The molecule has 0 bridgehead atoms. The fourth-order valence-corrected chi connectivity index (χ4v) is 3.43. The molecule has 2 aromatic heterocycles. The van der Waals surface area contributed by atoms with E-state index in [4.69, 9.17) is 4.74 Å². The molecule has 4 rings (SSSR count). The smallest absolute Gasteiger partial charge is 0.356 e. The Morgan fingerprint density at radius 2 is 2.10 bits per heavy atom. The molecule has 1 aliphatic rings. The molecule has 0 aliphatic carbocycles. The number of aliphatic hydroxyl groups is 1. The normalized spacial score (nSPS) is 18.4. The molecule has 8 nitrogen and oxygen atoms in total. The van der Waals surface area contributed by atoms with Crippen molar-refractivity contribution in [2.24, 2.45) is 7.05 Å². The third kappa shape index (κ3) is 3.29. The average molecular weight is 404 g/mol. The van der Waals surface area contributed by atoms with Gasteiger partial charge in [0.05, 0.1) is 24.6 Å². The Labute approximate surface area is 173 Å². The van der Waals surface area contributed by atoms with Gasteiger partial charge >= 0.3 is 5.97 Å². The van der Waals surface area contributed by atoms with Crippen molar-refractivity contribution in [3.05, 3.63) is 47.9 Å². The van der Waals surface area contributed by atoms with Crippen LogP contribution < -0.4 is 0 Å². The summed E-state index contributed by atoms with van der Waals surface area (Å²) in [4.78, 5) is 34.5. The van der Waals surface area contributed by atoms with E-state index in [0.717, 1.165) is 5.52 Å². The van der Waals surface area contributed by atoms with E-state index >= 15 is 0 Å². The topological polar surface area (TPSA) is 97.5 Å². The van der Waals surface area contributed by atoms with Gasteiger partial charge in [-0.2, -0.15) is 0 Å². The fraction of sp³-hybridized carbons (Fsp3) is 0.273. The van der Waals surface area contributed by atoms with E-state index in [1.165, 1.54) is 12.0 Å². The third-order valence-corrected chi connectivity index (χ3v) is 5.17. The minimum Gasteiger partial charge on any atom is -0.464 e. The maximum atomic E-state index is 12.1. The van der Waals surface area contributed by atoms with Crippen molar-refractivity contribution >= 4 is 22.9 Å². The molecule has 8 heteroatoms. The van der Waals surface area contributed by atoms with E-state index in [1.54, 1.807) is 42.2 Å². The van der Waals surface area contributed by atoms with Gasteiger partial charge in [-0.25, -0.2) is 14.8 Å². The molecule has 0 spiro atoms. The number of likely N-dealkylation sites (N-methyl/N-ethyl adjacent to an activating group) is 1. The number of pyridine rings is 1. The van der Waals surface area contributed by atoms with Gasteiger partial charge in [0, 0.05) is 38.2 Å². The number of rotatable bonds is 2. The van der Waals surface area contributed by atoms with Crippen molar-refractivity contribution in [1.29, 1.82) is 0 Å². The zero-order chi connectivity index (χ0) is 21.5. The van der Waals surface area contributed by atoms with E-state index in [1.807, 2.05) is 13.1 Å². The minimum absolute atomic E-state index is 0.175. The van der Waals surface area contributed by atoms with Gasteiger partial charge in [0.25, 0.3) is 5.91 Å². The number of carbonyl (C=O) groups is 2. The van der Waals surface area contributed by atoms with Gasteiger partial charge in [-0.1, -0.05) is 24.0 Å². The maximum absolute atomic E-state index is 12.1. The first-order chi connectivity index (χ1) is 14.3. The molecular formula is C22H20N4O4. The number of amides is 1. The lowest BCUT2D eigenvalue weighted by Gasteiger charge is -2.13. The van der Waals surface area contributed by atoms with Crippen molar-refractivity contribution in [3.63, 3.8) is 0 Å². The molecule has 3 heterocycles. The molecule has 1 aromatic carbocycles. The van der Waals surface area contributed by atoms with Crippen LogP contribution in [0.15, 0.2) is 36.7 Å². The molecule has 0 unspecified atom stereocenters. The Morgan fingerprint density at radius 3 is 2.80 bits per heavy atom. The highest BCUT2D eigenvalue weighted by atomic mass is 16.5. The summed E-state index contributed by atoms with van der Waals surface area (Å²) in [5, 5.41) is 10.5. The summed E-state index contributed by atoms with van der Waals surface area (Å²) in [7, 11) is 4.78. The van der Waals surface area contributed by atoms with Crippen LogP contribution in [0.3, 0.4) is 0 Å². The first kappa shape index (κ1) is 19.6. The maximum Gasteiger partial charge on any atom is 0.356 e. The Kier molecular flexibility index (Phi) is 4.76. The number of ether oxygens (including phenoxy) is 1. The molecule has 152 valence electrons. The van der Waals surface area contributed by atoms with Crippen LogP contribution in [0, 0.1) is 11.8 Å². The number of methoxy groups -OCH3 is 1. The lowest BCUT2D eigenvalue weighted by atomic mass is 10.0. The SMILES string of the molecule is COC(=O)c1cc2c(ncn2C)c(-c2cccc(C#C[C@]3(O)CCN(C)C3=O)c2)n1. The van der Waals surface area contributed by atoms with Gasteiger partial charge < -0.3 is 19.3 Å². The highest BCUT2D eigenvalue weighted by Gasteiger charge is 2.42. The monoisotopic (exact) mass is 404 g/mol. The summed E-state index contributed by atoms with van der Waals surface area (Å²) >= 11 is 0. The van der Waals surface area contributed by atoms with Crippen molar-refractivity contribution in [3.8, 4) is 23.1 Å². The lowest BCUT2D eigenvalue weighted by Crippen LogP contribution is -2.37. The van der Waals surface area contributed by atoms with Crippen LogP contribution in [0.2, 0.25) is 0 Å². The predicted octanol–water partition coefficient (Wildman–Crippen LogP) is 1.37. The Bertz CT molecular complexity index is 1240. The molecule has 1 amide bonds. The number of hydrogen-bond donors (Lipinski definition) is 1. The van der Waals surface area contributed by atoms with Crippen LogP contribution in [-0.4, -0.2) is 62.7 Å². The Balaban J connectivity index is 1.79. The highest BCUT2D eigenvalue weighted by Crippen LogP contribution is 2.27. The van der Waals surface area contributed by atoms with E-state index in [-0.39, 0.29) is 12.1 Å². The van der Waals surface area contributed by atoms with Gasteiger partial charge in [0.2, 0.25) is 5.60 Å². The van der Waals surface area contributed by atoms with Crippen molar-refractivity contribution < 1.29 is 19.4 Å². The number of aromatic nitrogens is 3. The van der Waals surface area contributed by atoms with Crippen molar-refractivity contribution in [1.82, 2.24) is 19.4 Å². The molecule has 1 atom stereocenters. The van der Waals surface area contributed by atoms with Crippen LogP contribution in [0.4, 0.5) is 0 Å². The predicted molar refractivity (Wildman–Crippen MR) is 109 cm³/mol. The summed E-state index contributed by atoms with van der Waals surface area (Å²) in [5.41, 5.74) is 1.73. The molecular weight excluding hydrogens is 384 g/mol. The van der Waals surface area contributed by atoms with E-state index in [9.17, 15) is 14.7 Å². The van der Waals surface area contributed by atoms with Gasteiger partial charge in [-0.3, -0.25) is 4.79 Å². The Morgan fingerprint density at radius 1 is 1.30 bits per heavy atom. The minimum atomic E-state index is -1.66. The van der Waals surface area contributed by atoms with Crippen LogP contribution in [0.25, 0.3) is 22.3 Å². The van der Waals surface area contributed by atoms with E-state index < -0.39 is 17.5 Å². The van der Waals surface area contributed by atoms with Crippen LogP contribution in [0.5, 0.6) is 0 Å². The number of fused-ring (bicyclic) bond motifs is 1. The second-order valence-corrected chi connectivity index (χ2v) is 7.24. The Hall–Kier alpha value is -3.70. The fourth-order valence-electron chi connectivity index (χ4n) is 3.43. The molecule has 1 saturated heterocycles. The van der Waals surface area contributed by atoms with Gasteiger partial charge in [-0.05, 0) is 18.2 Å². The number of aryl methyl sites for hydroxylation is 1. The van der Waals surface area contributed by atoms with Gasteiger partial charge in [0.15, 0.2) is 5.69 Å². The standard InChI is InChI=1S/C22H20N4O4/c1-25-10-9-22(29,21(25)28)8-7-14-5-4-6-15(11-14)18-19-17(26(2)13-23-19)12-16(24-18)20(27)30-3/h4-6,11-13,29H,9-10H2,1-3H3/t22-/m0/s1. The number of nitrogens with zero attached hydrogens (tertiary/aromatic N) is 4. The largest absolute Gasteiger partial charge is 0.464 e. The number of hydrogen-bond acceptors (Lipinski definition) is 6. The number of esters is 1. The van der Waals surface area contributed by atoms with E-state index in [0.29, 0.717) is 28.9 Å². The summed E-state index contributed by atoms with van der Waals surface area (Å²) in [6.07, 6.45) is 1.92. The second-order valence-electron chi connectivity index (χ2n) is 7.24. The zero-order valence-electron chi connectivity index (χ0n) is 16.8. The van der Waals surface area contributed by atoms with Crippen LogP contribution in [0.1, 0.15) is 22.5 Å². The second kappa shape index (κ2) is 7.28. The highest BCUT2D eigenvalue weighted by molar-refractivity contribution is 5.97. The molecule has 1 aliphatic heterocycles. The van der Waals surface area contributed by atoms with Crippen LogP contribution in [-0.2, 0) is 16.6 Å². The molecule has 0 saturated carbocycles. The molecule has 0 radical (unpaired) electrons. The molecule has 3 aromatic rings. The lowest BCUT2D eigenvalue weighted by molar-refractivity contribution is -0.137. The first-order valence-corrected chi connectivity index (χ1v) is 9.34. The van der Waals surface area contributed by atoms with Crippen LogP contribution >= 0.6 is 0 Å². The number of benzene rings is 1. The van der Waals surface area contributed by atoms with Gasteiger partial charge in [0.1, 0.15) is 5.52 Å². The summed E-state index contributed by atoms with van der Waals surface area (Å²) < 4.78 is 6.62.